The van der Waals surface area contributed by atoms with Crippen molar-refractivity contribution < 1.29 is 12.8 Å². The van der Waals surface area contributed by atoms with E-state index in [1.54, 1.807) is 22.6 Å². The van der Waals surface area contributed by atoms with Gasteiger partial charge in [0.15, 0.2) is 6.39 Å². The van der Waals surface area contributed by atoms with Crippen molar-refractivity contribution in [3.05, 3.63) is 48.2 Å². The van der Waals surface area contributed by atoms with Crippen LogP contribution in [0, 0.1) is 0 Å². The molecule has 0 unspecified atom stereocenters. The Labute approximate surface area is 143 Å². The summed E-state index contributed by atoms with van der Waals surface area (Å²) in [6, 6.07) is 7.26. The molecule has 0 amide bonds. The topological polar surface area (TPSA) is 63.4 Å². The molecule has 130 valence electrons. The number of hydrogen-bond donors (Lipinski definition) is 0. The first-order chi connectivity index (χ1) is 11.3. The van der Waals surface area contributed by atoms with Crippen molar-refractivity contribution in [2.75, 3.05) is 13.1 Å². The quantitative estimate of drug-likeness (QED) is 0.851. The van der Waals surface area contributed by atoms with E-state index in [0.29, 0.717) is 18.0 Å². The van der Waals surface area contributed by atoms with E-state index >= 15 is 0 Å². The summed E-state index contributed by atoms with van der Waals surface area (Å²) in [5, 5.41) is 0. The van der Waals surface area contributed by atoms with Crippen molar-refractivity contribution in [3.8, 4) is 0 Å². The molecular weight excluding hydrogens is 324 g/mol. The Bertz CT molecular complexity index is 767. The Hall–Kier alpha value is -1.66. The summed E-state index contributed by atoms with van der Waals surface area (Å²) < 4.78 is 32.6. The summed E-state index contributed by atoms with van der Waals surface area (Å²) in [4.78, 5) is 4.31. The Morgan fingerprint density at radius 2 is 1.75 bits per heavy atom. The molecule has 1 aliphatic heterocycles. The Kier molecular flexibility index (Phi) is 4.53. The van der Waals surface area contributed by atoms with Crippen LogP contribution in [0.15, 0.2) is 46.2 Å². The molecule has 0 saturated carbocycles. The monoisotopic (exact) mass is 348 g/mol. The minimum Gasteiger partial charge on any atom is -0.448 e. The van der Waals surface area contributed by atoms with Crippen LogP contribution in [0.5, 0.6) is 0 Å². The standard InChI is InChI=1S/C18H24N2O3S/c1-18(2,3)15-4-6-16(7-5-15)24(21,22)20-10-8-14(9-11-20)17-12-19-13-23-17/h4-7,12-14H,8-11H2,1-3H3. The van der Waals surface area contributed by atoms with Crippen LogP contribution in [0.25, 0.3) is 0 Å². The van der Waals surface area contributed by atoms with Gasteiger partial charge in [-0.05, 0) is 36.0 Å². The molecule has 6 heteroatoms. The maximum atomic E-state index is 12.8. The first-order valence-electron chi connectivity index (χ1n) is 8.27. The summed E-state index contributed by atoms with van der Waals surface area (Å²) in [6.07, 6.45) is 4.66. The fraction of sp³-hybridized carbons (Fsp3) is 0.500. The Morgan fingerprint density at radius 1 is 1.12 bits per heavy atom. The molecule has 0 atom stereocenters. The molecule has 0 spiro atoms. The SMILES string of the molecule is CC(C)(C)c1ccc(S(=O)(=O)N2CCC(c3cnco3)CC2)cc1. The lowest BCUT2D eigenvalue weighted by molar-refractivity contribution is 0.295. The zero-order chi connectivity index (χ0) is 17.4. The molecule has 1 aromatic carbocycles. The van der Waals surface area contributed by atoms with Crippen LogP contribution in [0.4, 0.5) is 0 Å². The minimum atomic E-state index is -3.43. The molecule has 2 heterocycles. The summed E-state index contributed by atoms with van der Waals surface area (Å²) in [7, 11) is -3.43. The predicted octanol–water partition coefficient (Wildman–Crippen LogP) is 3.54. The first kappa shape index (κ1) is 17.2. The lowest BCUT2D eigenvalue weighted by atomic mass is 9.87. The van der Waals surface area contributed by atoms with Crippen molar-refractivity contribution >= 4 is 10.0 Å². The van der Waals surface area contributed by atoms with Gasteiger partial charge in [-0.3, -0.25) is 0 Å². The molecule has 1 saturated heterocycles. The zero-order valence-electron chi connectivity index (χ0n) is 14.4. The lowest BCUT2D eigenvalue weighted by Crippen LogP contribution is -2.37. The van der Waals surface area contributed by atoms with Gasteiger partial charge in [0.2, 0.25) is 10.0 Å². The van der Waals surface area contributed by atoms with Gasteiger partial charge in [-0.1, -0.05) is 32.9 Å². The molecular formula is C18H24N2O3S. The predicted molar refractivity (Wildman–Crippen MR) is 92.4 cm³/mol. The van der Waals surface area contributed by atoms with E-state index in [1.165, 1.54) is 6.39 Å². The minimum absolute atomic E-state index is 0.0116. The summed E-state index contributed by atoms with van der Waals surface area (Å²) in [5.41, 5.74) is 1.14. The zero-order valence-corrected chi connectivity index (χ0v) is 15.2. The van der Waals surface area contributed by atoms with Gasteiger partial charge in [0.25, 0.3) is 0 Å². The number of piperidine rings is 1. The molecule has 0 bridgehead atoms. The average Bonchev–Trinajstić information content (AvgIpc) is 3.09. The normalized spacial score (nSPS) is 18.0. The molecule has 24 heavy (non-hydrogen) atoms. The average molecular weight is 348 g/mol. The molecule has 1 fully saturated rings. The van der Waals surface area contributed by atoms with E-state index in [1.807, 2.05) is 12.1 Å². The second-order valence-corrected chi connectivity index (χ2v) is 9.29. The fourth-order valence-electron chi connectivity index (χ4n) is 3.08. The van der Waals surface area contributed by atoms with Crippen LogP contribution < -0.4 is 0 Å². The highest BCUT2D eigenvalue weighted by Gasteiger charge is 2.31. The van der Waals surface area contributed by atoms with Crippen LogP contribution in [0.1, 0.15) is 50.9 Å². The third-order valence-corrected chi connectivity index (χ3v) is 6.58. The number of rotatable bonds is 3. The number of aromatic nitrogens is 1. The maximum absolute atomic E-state index is 12.8. The molecule has 0 aliphatic carbocycles. The smallest absolute Gasteiger partial charge is 0.243 e. The van der Waals surface area contributed by atoms with Crippen LogP contribution in [-0.2, 0) is 15.4 Å². The second-order valence-electron chi connectivity index (χ2n) is 7.36. The third kappa shape index (κ3) is 3.39. The number of oxazole rings is 1. The molecule has 2 aromatic rings. The molecule has 1 aromatic heterocycles. The summed E-state index contributed by atoms with van der Waals surface area (Å²) in [6.45, 7) is 7.36. The van der Waals surface area contributed by atoms with Crippen molar-refractivity contribution in [3.63, 3.8) is 0 Å². The first-order valence-corrected chi connectivity index (χ1v) is 9.71. The van der Waals surface area contributed by atoms with Crippen molar-refractivity contribution in [2.45, 2.75) is 49.8 Å². The van der Waals surface area contributed by atoms with Crippen molar-refractivity contribution in [1.29, 1.82) is 0 Å². The second kappa shape index (κ2) is 6.33. The number of sulfonamides is 1. The molecule has 3 rings (SSSR count). The number of nitrogens with zero attached hydrogens (tertiary/aromatic N) is 2. The van der Waals surface area contributed by atoms with Crippen LogP contribution >= 0.6 is 0 Å². The highest BCUT2D eigenvalue weighted by molar-refractivity contribution is 7.89. The highest BCUT2D eigenvalue weighted by Crippen LogP contribution is 2.31. The molecule has 0 radical (unpaired) electrons. The van der Waals surface area contributed by atoms with Gasteiger partial charge in [0, 0.05) is 19.0 Å². The van der Waals surface area contributed by atoms with Gasteiger partial charge >= 0.3 is 0 Å². The van der Waals surface area contributed by atoms with Crippen molar-refractivity contribution in [1.82, 2.24) is 9.29 Å². The van der Waals surface area contributed by atoms with Crippen molar-refractivity contribution in [2.24, 2.45) is 0 Å². The van der Waals surface area contributed by atoms with Crippen LogP contribution in [0.3, 0.4) is 0 Å². The Balaban J connectivity index is 1.72. The maximum Gasteiger partial charge on any atom is 0.243 e. The fourth-order valence-corrected chi connectivity index (χ4v) is 4.55. The van der Waals surface area contributed by atoms with Gasteiger partial charge in [-0.25, -0.2) is 13.4 Å². The number of benzene rings is 1. The van der Waals surface area contributed by atoms with Gasteiger partial charge < -0.3 is 4.42 Å². The largest absolute Gasteiger partial charge is 0.448 e. The van der Waals surface area contributed by atoms with E-state index in [2.05, 4.69) is 25.8 Å². The summed E-state index contributed by atoms with van der Waals surface area (Å²) >= 11 is 0. The van der Waals surface area contributed by atoms with E-state index in [4.69, 9.17) is 4.42 Å². The van der Waals surface area contributed by atoms with Gasteiger partial charge in [0.1, 0.15) is 5.76 Å². The Morgan fingerprint density at radius 3 is 2.25 bits per heavy atom. The lowest BCUT2D eigenvalue weighted by Gasteiger charge is -2.30. The number of hydrogen-bond acceptors (Lipinski definition) is 4. The molecule has 1 aliphatic rings. The molecule has 5 nitrogen and oxygen atoms in total. The van der Waals surface area contributed by atoms with E-state index in [9.17, 15) is 8.42 Å². The highest BCUT2D eigenvalue weighted by atomic mass is 32.2. The van der Waals surface area contributed by atoms with Gasteiger partial charge in [0.05, 0.1) is 11.1 Å². The van der Waals surface area contributed by atoms with Crippen LogP contribution in [-0.4, -0.2) is 30.8 Å². The molecule has 0 N–H and O–H groups in total. The van der Waals surface area contributed by atoms with E-state index in [0.717, 1.165) is 24.2 Å². The third-order valence-electron chi connectivity index (χ3n) is 4.67. The van der Waals surface area contributed by atoms with Gasteiger partial charge in [-0.2, -0.15) is 4.31 Å². The van der Waals surface area contributed by atoms with E-state index in [-0.39, 0.29) is 11.3 Å². The van der Waals surface area contributed by atoms with Gasteiger partial charge in [-0.15, -0.1) is 0 Å². The van der Waals surface area contributed by atoms with E-state index < -0.39 is 10.0 Å². The summed E-state index contributed by atoms with van der Waals surface area (Å²) in [5.74, 6) is 1.10. The van der Waals surface area contributed by atoms with Crippen LogP contribution in [0.2, 0.25) is 0 Å².